The van der Waals surface area contributed by atoms with Crippen LogP contribution in [0.3, 0.4) is 0 Å². The molecule has 1 saturated carbocycles. The Bertz CT molecular complexity index is 1030. The standard InChI is InChI=1S/C22H19Br2ClO3/c23-16-9-13(10-17(24)22(16)27)21(26)20-15-11-14(25)6-7-18(15)28-19(20)8-12-4-2-1-3-5-12/h6-7,9-12,27H,1-5,8H2. The summed E-state index contributed by atoms with van der Waals surface area (Å²) in [7, 11) is 0. The highest BCUT2D eigenvalue weighted by molar-refractivity contribution is 9.11. The van der Waals surface area contributed by atoms with Crippen molar-refractivity contribution in [1.82, 2.24) is 0 Å². The number of halogens is 3. The van der Waals surface area contributed by atoms with Gasteiger partial charge in [0.2, 0.25) is 0 Å². The Morgan fingerprint density at radius 2 is 1.79 bits per heavy atom. The van der Waals surface area contributed by atoms with Crippen LogP contribution in [0.4, 0.5) is 0 Å². The van der Waals surface area contributed by atoms with Crippen LogP contribution in [0.15, 0.2) is 43.7 Å². The first-order valence-corrected chi connectivity index (χ1v) is 11.3. The SMILES string of the molecule is O=C(c1cc(Br)c(O)c(Br)c1)c1c(CC2CCCCC2)oc2ccc(Cl)cc12. The first kappa shape index (κ1) is 20.0. The van der Waals surface area contributed by atoms with Gasteiger partial charge in [-0.2, -0.15) is 0 Å². The first-order valence-electron chi connectivity index (χ1n) is 9.37. The van der Waals surface area contributed by atoms with Gasteiger partial charge in [0.25, 0.3) is 0 Å². The van der Waals surface area contributed by atoms with Gasteiger partial charge in [0.15, 0.2) is 5.78 Å². The molecule has 0 radical (unpaired) electrons. The van der Waals surface area contributed by atoms with E-state index in [2.05, 4.69) is 31.9 Å². The van der Waals surface area contributed by atoms with Crippen LogP contribution >= 0.6 is 43.5 Å². The van der Waals surface area contributed by atoms with Crippen molar-refractivity contribution in [3.05, 3.63) is 61.2 Å². The highest BCUT2D eigenvalue weighted by atomic mass is 79.9. The number of ketones is 1. The Labute approximate surface area is 185 Å². The van der Waals surface area contributed by atoms with Crippen LogP contribution in [-0.4, -0.2) is 10.9 Å². The van der Waals surface area contributed by atoms with Crippen molar-refractivity contribution in [2.45, 2.75) is 38.5 Å². The number of carbonyl (C=O) groups excluding carboxylic acids is 1. The van der Waals surface area contributed by atoms with Gasteiger partial charge in [0.05, 0.1) is 14.5 Å². The molecule has 0 spiro atoms. The highest BCUT2D eigenvalue weighted by Gasteiger charge is 2.26. The van der Waals surface area contributed by atoms with Gasteiger partial charge in [0, 0.05) is 22.4 Å². The van der Waals surface area contributed by atoms with Crippen molar-refractivity contribution in [2.75, 3.05) is 0 Å². The Morgan fingerprint density at radius 3 is 2.46 bits per heavy atom. The van der Waals surface area contributed by atoms with E-state index in [-0.39, 0.29) is 11.5 Å². The van der Waals surface area contributed by atoms with E-state index in [1.54, 1.807) is 24.3 Å². The van der Waals surface area contributed by atoms with Gasteiger partial charge in [-0.15, -0.1) is 0 Å². The molecule has 146 valence electrons. The Balaban J connectivity index is 1.82. The van der Waals surface area contributed by atoms with Gasteiger partial charge < -0.3 is 9.52 Å². The number of aromatic hydroxyl groups is 1. The number of furan rings is 1. The third-order valence-electron chi connectivity index (χ3n) is 5.43. The monoisotopic (exact) mass is 524 g/mol. The van der Waals surface area contributed by atoms with Crippen LogP contribution in [0.5, 0.6) is 5.75 Å². The summed E-state index contributed by atoms with van der Waals surface area (Å²) in [5.41, 5.74) is 1.73. The summed E-state index contributed by atoms with van der Waals surface area (Å²) in [6.45, 7) is 0. The zero-order valence-corrected chi connectivity index (χ0v) is 19.0. The van der Waals surface area contributed by atoms with E-state index in [1.807, 2.05) is 6.07 Å². The summed E-state index contributed by atoms with van der Waals surface area (Å²) in [6, 6.07) is 8.66. The molecule has 1 aromatic heterocycles. The number of hydrogen-bond acceptors (Lipinski definition) is 3. The largest absolute Gasteiger partial charge is 0.506 e. The number of hydrogen-bond donors (Lipinski definition) is 1. The fourth-order valence-corrected chi connectivity index (χ4v) is 5.37. The van der Waals surface area contributed by atoms with Crippen molar-refractivity contribution >= 4 is 60.2 Å². The molecule has 1 heterocycles. The Kier molecular flexibility index (Phi) is 5.86. The molecule has 3 aromatic rings. The quantitative estimate of drug-likeness (QED) is 0.355. The van der Waals surface area contributed by atoms with E-state index in [1.165, 1.54) is 32.1 Å². The molecule has 0 bridgehead atoms. The van der Waals surface area contributed by atoms with E-state index in [0.717, 1.165) is 17.6 Å². The Hall–Kier alpha value is -1.30. The second-order valence-corrected chi connectivity index (χ2v) is 9.51. The number of fused-ring (bicyclic) bond motifs is 1. The summed E-state index contributed by atoms with van der Waals surface area (Å²) in [4.78, 5) is 13.5. The fraction of sp³-hybridized carbons (Fsp3) is 0.318. The summed E-state index contributed by atoms with van der Waals surface area (Å²) in [5, 5.41) is 11.3. The number of carbonyl (C=O) groups is 1. The molecular weight excluding hydrogens is 508 g/mol. The average molecular weight is 527 g/mol. The molecule has 0 aliphatic heterocycles. The lowest BCUT2D eigenvalue weighted by molar-refractivity contribution is 0.103. The zero-order valence-electron chi connectivity index (χ0n) is 15.1. The highest BCUT2D eigenvalue weighted by Crippen LogP contribution is 2.37. The van der Waals surface area contributed by atoms with E-state index >= 15 is 0 Å². The molecule has 2 aromatic carbocycles. The zero-order chi connectivity index (χ0) is 19.8. The van der Waals surface area contributed by atoms with Crippen LogP contribution in [-0.2, 0) is 6.42 Å². The second-order valence-electron chi connectivity index (χ2n) is 7.37. The molecule has 1 aliphatic carbocycles. The second kappa shape index (κ2) is 8.21. The molecule has 6 heteroatoms. The lowest BCUT2D eigenvalue weighted by atomic mass is 9.85. The molecule has 0 unspecified atom stereocenters. The molecule has 1 aliphatic rings. The molecule has 0 saturated heterocycles. The maximum absolute atomic E-state index is 13.5. The maximum atomic E-state index is 13.5. The topological polar surface area (TPSA) is 50.4 Å². The number of phenols is 1. The third-order valence-corrected chi connectivity index (χ3v) is 6.87. The van der Waals surface area contributed by atoms with Gasteiger partial charge in [-0.3, -0.25) is 4.79 Å². The summed E-state index contributed by atoms with van der Waals surface area (Å²) in [6.07, 6.45) is 6.85. The van der Waals surface area contributed by atoms with E-state index in [0.29, 0.717) is 36.6 Å². The van der Waals surface area contributed by atoms with Gasteiger partial charge in [-0.25, -0.2) is 0 Å². The van der Waals surface area contributed by atoms with Crippen molar-refractivity contribution in [2.24, 2.45) is 5.92 Å². The Morgan fingerprint density at radius 1 is 1.11 bits per heavy atom. The summed E-state index contributed by atoms with van der Waals surface area (Å²) in [5.74, 6) is 1.21. The molecule has 28 heavy (non-hydrogen) atoms. The minimum Gasteiger partial charge on any atom is -0.506 e. The molecular formula is C22H19Br2ClO3. The van der Waals surface area contributed by atoms with Gasteiger partial charge >= 0.3 is 0 Å². The van der Waals surface area contributed by atoms with Crippen molar-refractivity contribution < 1.29 is 14.3 Å². The minimum atomic E-state index is -0.131. The molecule has 1 N–H and O–H groups in total. The fourth-order valence-electron chi connectivity index (χ4n) is 4.01. The van der Waals surface area contributed by atoms with E-state index in [9.17, 15) is 9.90 Å². The number of benzene rings is 2. The summed E-state index contributed by atoms with van der Waals surface area (Å²) < 4.78 is 7.06. The first-order chi connectivity index (χ1) is 13.4. The average Bonchev–Trinajstić information content (AvgIpc) is 3.02. The number of phenolic OH excluding ortho intramolecular Hbond substituents is 1. The van der Waals surface area contributed by atoms with Crippen LogP contribution in [0.25, 0.3) is 11.0 Å². The molecule has 3 nitrogen and oxygen atoms in total. The minimum absolute atomic E-state index is 0.0686. The predicted molar refractivity (Wildman–Crippen MR) is 118 cm³/mol. The van der Waals surface area contributed by atoms with Gasteiger partial charge in [0.1, 0.15) is 17.1 Å². The van der Waals surface area contributed by atoms with Gasteiger partial charge in [-0.1, -0.05) is 43.7 Å². The van der Waals surface area contributed by atoms with Crippen molar-refractivity contribution in [1.29, 1.82) is 0 Å². The number of rotatable bonds is 4. The molecule has 1 fully saturated rings. The van der Waals surface area contributed by atoms with Crippen molar-refractivity contribution in [3.8, 4) is 5.75 Å². The smallest absolute Gasteiger partial charge is 0.197 e. The molecule has 0 atom stereocenters. The normalized spacial score (nSPS) is 15.2. The molecule has 4 rings (SSSR count). The van der Waals surface area contributed by atoms with Crippen molar-refractivity contribution in [3.63, 3.8) is 0 Å². The predicted octanol–water partition coefficient (Wildman–Crippen LogP) is 7.67. The molecule has 0 amide bonds. The van der Waals surface area contributed by atoms with Crippen LogP contribution in [0.1, 0.15) is 53.8 Å². The van der Waals surface area contributed by atoms with Crippen LogP contribution in [0.2, 0.25) is 5.02 Å². The third kappa shape index (κ3) is 3.89. The maximum Gasteiger partial charge on any atom is 0.197 e. The van der Waals surface area contributed by atoms with Crippen LogP contribution < -0.4 is 0 Å². The van der Waals surface area contributed by atoms with Gasteiger partial charge in [-0.05, 0) is 68.1 Å². The lowest BCUT2D eigenvalue weighted by Crippen LogP contribution is -2.12. The van der Waals surface area contributed by atoms with Crippen LogP contribution in [0, 0.1) is 5.92 Å². The summed E-state index contributed by atoms with van der Waals surface area (Å²) >= 11 is 12.8. The van der Waals surface area contributed by atoms with E-state index < -0.39 is 0 Å². The lowest BCUT2D eigenvalue weighted by Gasteiger charge is -2.20. The van der Waals surface area contributed by atoms with E-state index in [4.69, 9.17) is 16.0 Å².